The normalized spacial score (nSPS) is 20.4. The molecule has 1 aliphatic rings. The fraction of sp³-hybridized carbons (Fsp3) is 0.571. The number of methoxy groups -OCH3 is 1. The van der Waals surface area contributed by atoms with E-state index in [9.17, 15) is 0 Å². The van der Waals surface area contributed by atoms with E-state index in [0.29, 0.717) is 6.04 Å². The molecule has 1 aliphatic heterocycles. The number of piperidine rings is 1. The van der Waals surface area contributed by atoms with Gasteiger partial charge < -0.3 is 10.1 Å². The van der Waals surface area contributed by atoms with E-state index in [4.69, 9.17) is 16.3 Å². The Kier molecular flexibility index (Phi) is 3.95. The van der Waals surface area contributed by atoms with Gasteiger partial charge in [-0.05, 0) is 44.9 Å². The second kappa shape index (κ2) is 5.28. The second-order valence-electron chi connectivity index (χ2n) is 4.75. The van der Waals surface area contributed by atoms with Crippen molar-refractivity contribution in [3.63, 3.8) is 0 Å². The lowest BCUT2D eigenvalue weighted by Gasteiger charge is -2.28. The van der Waals surface area contributed by atoms with Crippen LogP contribution in [0.2, 0.25) is 5.02 Å². The molecule has 3 heteroatoms. The van der Waals surface area contributed by atoms with Crippen molar-refractivity contribution in [2.24, 2.45) is 0 Å². The van der Waals surface area contributed by atoms with Gasteiger partial charge in [-0.3, -0.25) is 0 Å². The lowest BCUT2D eigenvalue weighted by molar-refractivity contribution is 0.370. The monoisotopic (exact) mass is 253 g/mol. The Morgan fingerprint density at radius 2 is 2.12 bits per heavy atom. The zero-order chi connectivity index (χ0) is 12.4. The van der Waals surface area contributed by atoms with Crippen molar-refractivity contribution in [2.75, 3.05) is 13.7 Å². The predicted molar refractivity (Wildman–Crippen MR) is 72.1 cm³/mol. The molecule has 0 bridgehead atoms. The molecule has 1 aromatic rings. The van der Waals surface area contributed by atoms with Crippen LogP contribution in [0.25, 0.3) is 0 Å². The quantitative estimate of drug-likeness (QED) is 0.866. The molecule has 0 aliphatic carbocycles. The summed E-state index contributed by atoms with van der Waals surface area (Å²) in [6.45, 7) is 5.22. The molecule has 94 valence electrons. The SMILES string of the molecule is COc1c(C)c(Cl)cc(C)c1C1CCCCN1. The van der Waals surface area contributed by atoms with Crippen LogP contribution in [0.15, 0.2) is 6.07 Å². The lowest BCUT2D eigenvalue weighted by atomic mass is 9.91. The van der Waals surface area contributed by atoms with Crippen LogP contribution in [-0.2, 0) is 0 Å². The van der Waals surface area contributed by atoms with Gasteiger partial charge in [0.2, 0.25) is 0 Å². The summed E-state index contributed by atoms with van der Waals surface area (Å²) in [5.74, 6) is 0.953. The summed E-state index contributed by atoms with van der Waals surface area (Å²) in [4.78, 5) is 0. The number of aryl methyl sites for hydroxylation is 1. The Balaban J connectivity index is 2.47. The van der Waals surface area contributed by atoms with Gasteiger partial charge in [0, 0.05) is 22.2 Å². The van der Waals surface area contributed by atoms with Gasteiger partial charge in [0.25, 0.3) is 0 Å². The largest absolute Gasteiger partial charge is 0.496 e. The van der Waals surface area contributed by atoms with Gasteiger partial charge in [0.05, 0.1) is 7.11 Å². The lowest BCUT2D eigenvalue weighted by Crippen LogP contribution is -2.28. The van der Waals surface area contributed by atoms with Gasteiger partial charge in [-0.2, -0.15) is 0 Å². The van der Waals surface area contributed by atoms with Crippen LogP contribution < -0.4 is 10.1 Å². The molecule has 0 spiro atoms. The van der Waals surface area contributed by atoms with Crippen LogP contribution in [0.3, 0.4) is 0 Å². The Labute approximate surface area is 108 Å². The van der Waals surface area contributed by atoms with E-state index in [-0.39, 0.29) is 0 Å². The standard InChI is InChI=1S/C14H20ClNO/c1-9-8-11(15)10(2)14(17-3)13(9)12-6-4-5-7-16-12/h8,12,16H,4-7H2,1-3H3. The number of ether oxygens (including phenoxy) is 1. The molecule has 1 saturated heterocycles. The Morgan fingerprint density at radius 1 is 1.35 bits per heavy atom. The molecule has 0 radical (unpaired) electrons. The number of halogens is 1. The molecule has 0 saturated carbocycles. The van der Waals surface area contributed by atoms with Crippen LogP contribution in [0.4, 0.5) is 0 Å². The topological polar surface area (TPSA) is 21.3 Å². The van der Waals surface area contributed by atoms with E-state index in [2.05, 4.69) is 12.2 Å². The maximum atomic E-state index is 6.21. The summed E-state index contributed by atoms with van der Waals surface area (Å²) >= 11 is 6.21. The summed E-state index contributed by atoms with van der Waals surface area (Å²) in [7, 11) is 1.73. The van der Waals surface area contributed by atoms with Gasteiger partial charge in [0.1, 0.15) is 5.75 Å². The first-order valence-corrected chi connectivity index (χ1v) is 6.60. The highest BCUT2D eigenvalue weighted by atomic mass is 35.5. The van der Waals surface area contributed by atoms with Gasteiger partial charge in [-0.25, -0.2) is 0 Å². The van der Waals surface area contributed by atoms with E-state index in [1.54, 1.807) is 7.11 Å². The van der Waals surface area contributed by atoms with Gasteiger partial charge >= 0.3 is 0 Å². The van der Waals surface area contributed by atoms with Crippen LogP contribution in [0.1, 0.15) is 42.0 Å². The van der Waals surface area contributed by atoms with Crippen molar-refractivity contribution in [3.05, 3.63) is 27.8 Å². The fourth-order valence-electron chi connectivity index (χ4n) is 2.66. The van der Waals surface area contributed by atoms with Gasteiger partial charge in [-0.15, -0.1) is 0 Å². The molecule has 1 aromatic carbocycles. The molecule has 1 atom stereocenters. The number of hydrogen-bond acceptors (Lipinski definition) is 2. The molecule has 1 fully saturated rings. The number of hydrogen-bond donors (Lipinski definition) is 1. The van der Waals surface area contributed by atoms with Crippen LogP contribution in [0, 0.1) is 13.8 Å². The number of nitrogens with one attached hydrogen (secondary N) is 1. The van der Waals surface area contributed by atoms with E-state index in [0.717, 1.165) is 22.9 Å². The number of benzene rings is 1. The molecule has 17 heavy (non-hydrogen) atoms. The molecule has 0 aromatic heterocycles. The van der Waals surface area contributed by atoms with Crippen LogP contribution in [-0.4, -0.2) is 13.7 Å². The molecule has 0 amide bonds. The first-order valence-electron chi connectivity index (χ1n) is 6.22. The van der Waals surface area contributed by atoms with Gasteiger partial charge in [-0.1, -0.05) is 18.0 Å². The highest BCUT2D eigenvalue weighted by Gasteiger charge is 2.22. The number of rotatable bonds is 2. The average molecular weight is 254 g/mol. The van der Waals surface area contributed by atoms with E-state index >= 15 is 0 Å². The first kappa shape index (κ1) is 12.7. The first-order chi connectivity index (χ1) is 8.15. The van der Waals surface area contributed by atoms with Crippen molar-refractivity contribution in [2.45, 2.75) is 39.2 Å². The highest BCUT2D eigenvalue weighted by molar-refractivity contribution is 6.31. The summed E-state index contributed by atoms with van der Waals surface area (Å²) in [5, 5.41) is 4.37. The van der Waals surface area contributed by atoms with Crippen LogP contribution in [0.5, 0.6) is 5.75 Å². The molecular formula is C14H20ClNO. The smallest absolute Gasteiger partial charge is 0.128 e. The zero-order valence-corrected chi connectivity index (χ0v) is 11.5. The fourth-order valence-corrected chi connectivity index (χ4v) is 2.91. The Hall–Kier alpha value is -0.730. The molecule has 1 N–H and O–H groups in total. The second-order valence-corrected chi connectivity index (χ2v) is 5.16. The summed E-state index contributed by atoms with van der Waals surface area (Å²) in [6.07, 6.45) is 3.73. The molecule has 1 heterocycles. The Morgan fingerprint density at radius 3 is 2.71 bits per heavy atom. The van der Waals surface area contributed by atoms with Gasteiger partial charge in [0.15, 0.2) is 0 Å². The van der Waals surface area contributed by atoms with Crippen molar-refractivity contribution >= 4 is 11.6 Å². The summed E-state index contributed by atoms with van der Waals surface area (Å²) in [6, 6.07) is 2.46. The van der Waals surface area contributed by atoms with Crippen molar-refractivity contribution in [1.82, 2.24) is 5.32 Å². The van der Waals surface area contributed by atoms with Crippen molar-refractivity contribution in [1.29, 1.82) is 0 Å². The molecule has 1 unspecified atom stereocenters. The van der Waals surface area contributed by atoms with E-state index in [1.807, 2.05) is 13.0 Å². The van der Waals surface area contributed by atoms with E-state index in [1.165, 1.54) is 30.4 Å². The highest BCUT2D eigenvalue weighted by Crippen LogP contribution is 2.38. The Bertz CT molecular complexity index is 411. The van der Waals surface area contributed by atoms with Crippen molar-refractivity contribution in [3.8, 4) is 5.75 Å². The minimum atomic E-state index is 0.412. The third-order valence-corrected chi connectivity index (χ3v) is 3.97. The third-order valence-electron chi connectivity index (χ3n) is 3.57. The molecule has 2 rings (SSSR count). The predicted octanol–water partition coefficient (Wildman–Crippen LogP) is 3.78. The minimum absolute atomic E-state index is 0.412. The molecular weight excluding hydrogens is 234 g/mol. The molecule has 2 nitrogen and oxygen atoms in total. The maximum Gasteiger partial charge on any atom is 0.128 e. The summed E-state index contributed by atoms with van der Waals surface area (Å²) < 4.78 is 5.57. The maximum absolute atomic E-state index is 6.21. The van der Waals surface area contributed by atoms with Crippen molar-refractivity contribution < 1.29 is 4.74 Å². The third kappa shape index (κ3) is 2.43. The summed E-state index contributed by atoms with van der Waals surface area (Å²) in [5.41, 5.74) is 3.55. The van der Waals surface area contributed by atoms with Crippen LogP contribution >= 0.6 is 11.6 Å². The minimum Gasteiger partial charge on any atom is -0.496 e. The average Bonchev–Trinajstić information content (AvgIpc) is 2.34. The van der Waals surface area contributed by atoms with E-state index < -0.39 is 0 Å². The zero-order valence-electron chi connectivity index (χ0n) is 10.8.